The van der Waals surface area contributed by atoms with Crippen LogP contribution in [-0.4, -0.2) is 17.4 Å². The average molecular weight is 356 g/mol. The van der Waals surface area contributed by atoms with E-state index in [9.17, 15) is 9.59 Å². The number of benzene rings is 1. The molecule has 0 amide bonds. The Kier molecular flexibility index (Phi) is 8.79. The fraction of sp³-hybridized carbons (Fsp3) is 0.556. The van der Waals surface area contributed by atoms with Crippen molar-refractivity contribution in [2.45, 2.75) is 64.4 Å². The van der Waals surface area contributed by atoms with Gasteiger partial charge in [0.1, 0.15) is 5.75 Å². The molecule has 6 heteroatoms. The van der Waals surface area contributed by atoms with Crippen LogP contribution >= 0.6 is 11.6 Å². The first kappa shape index (κ1) is 20.5. The van der Waals surface area contributed by atoms with E-state index < -0.39 is 5.60 Å². The summed E-state index contributed by atoms with van der Waals surface area (Å²) in [6.07, 6.45) is 5.24. The van der Waals surface area contributed by atoms with E-state index in [1.54, 1.807) is 38.1 Å². The zero-order chi connectivity index (χ0) is 18.0. The molecular formula is C18H26ClNO4. The number of carbonyl (C=O) groups is 2. The van der Waals surface area contributed by atoms with Gasteiger partial charge in [0.15, 0.2) is 11.4 Å². The predicted molar refractivity (Wildman–Crippen MR) is 93.8 cm³/mol. The first-order chi connectivity index (χ1) is 11.3. The van der Waals surface area contributed by atoms with Crippen molar-refractivity contribution in [2.75, 3.05) is 0 Å². The van der Waals surface area contributed by atoms with Crippen LogP contribution in [0.15, 0.2) is 24.3 Å². The number of ketones is 1. The van der Waals surface area contributed by atoms with Crippen LogP contribution in [0.25, 0.3) is 0 Å². The number of hydrogen-bond acceptors (Lipinski definition) is 5. The molecule has 1 aromatic rings. The summed E-state index contributed by atoms with van der Waals surface area (Å²) >= 11 is 5.84. The molecule has 0 bridgehead atoms. The minimum absolute atomic E-state index is 0.0733. The maximum absolute atomic E-state index is 12.3. The van der Waals surface area contributed by atoms with Crippen molar-refractivity contribution in [3.63, 3.8) is 0 Å². The van der Waals surface area contributed by atoms with Gasteiger partial charge in [-0.2, -0.15) is 5.90 Å². The average Bonchev–Trinajstić information content (AvgIpc) is 2.55. The molecule has 2 N–H and O–H groups in total. The summed E-state index contributed by atoms with van der Waals surface area (Å²) in [7, 11) is 0. The Balaban J connectivity index is 2.23. The maximum Gasteiger partial charge on any atom is 0.324 e. The molecule has 0 aliphatic heterocycles. The number of halogens is 1. The molecule has 5 nitrogen and oxygen atoms in total. The molecule has 0 aliphatic carbocycles. The molecule has 0 aliphatic rings. The second kappa shape index (κ2) is 10.3. The molecule has 0 spiro atoms. The predicted octanol–water partition coefficient (Wildman–Crippen LogP) is 4.21. The molecular weight excluding hydrogens is 330 g/mol. The zero-order valence-corrected chi connectivity index (χ0v) is 15.1. The number of unbranched alkanes of at least 4 members (excludes halogenated alkanes) is 4. The molecule has 1 aromatic carbocycles. The molecule has 24 heavy (non-hydrogen) atoms. The summed E-state index contributed by atoms with van der Waals surface area (Å²) in [5.74, 6) is 5.09. The van der Waals surface area contributed by atoms with Crippen LogP contribution in [0.2, 0.25) is 5.02 Å². The highest BCUT2D eigenvalue weighted by Gasteiger charge is 2.28. The molecule has 0 atom stereocenters. The second-order valence-electron chi connectivity index (χ2n) is 6.25. The van der Waals surface area contributed by atoms with Crippen LogP contribution in [0.4, 0.5) is 0 Å². The van der Waals surface area contributed by atoms with E-state index in [-0.39, 0.29) is 11.8 Å². The maximum atomic E-state index is 12.3. The summed E-state index contributed by atoms with van der Waals surface area (Å²) < 4.78 is 5.78. The van der Waals surface area contributed by atoms with E-state index in [1.807, 2.05) is 0 Å². The first-order valence-electron chi connectivity index (χ1n) is 8.22. The van der Waals surface area contributed by atoms with Crippen LogP contribution in [0.3, 0.4) is 0 Å². The van der Waals surface area contributed by atoms with Gasteiger partial charge in [-0.25, -0.2) is 0 Å². The Labute approximate surface area is 148 Å². The SMILES string of the molecule is CC(C)(Oc1ccc(Cl)cc1)C(=O)CCCCCCCC(=O)ON. The Morgan fingerprint density at radius 2 is 1.54 bits per heavy atom. The van der Waals surface area contributed by atoms with Gasteiger partial charge in [0.05, 0.1) is 0 Å². The fourth-order valence-electron chi connectivity index (χ4n) is 2.30. The number of nitrogens with two attached hydrogens (primary N) is 1. The molecule has 0 heterocycles. The number of hydrogen-bond donors (Lipinski definition) is 1. The lowest BCUT2D eigenvalue weighted by molar-refractivity contribution is -0.144. The summed E-state index contributed by atoms with van der Waals surface area (Å²) in [5.41, 5.74) is -0.862. The quantitative estimate of drug-likeness (QED) is 0.475. The van der Waals surface area contributed by atoms with Gasteiger partial charge in [0.2, 0.25) is 0 Å². The van der Waals surface area contributed by atoms with Crippen LogP contribution in [-0.2, 0) is 14.4 Å². The normalized spacial score (nSPS) is 11.2. The summed E-state index contributed by atoms with van der Waals surface area (Å²) in [6.45, 7) is 3.56. The van der Waals surface area contributed by atoms with Crippen molar-refractivity contribution in [3.05, 3.63) is 29.3 Å². The highest BCUT2D eigenvalue weighted by Crippen LogP contribution is 2.23. The van der Waals surface area contributed by atoms with E-state index in [0.29, 0.717) is 23.6 Å². The van der Waals surface area contributed by atoms with Crippen molar-refractivity contribution in [1.82, 2.24) is 0 Å². The van der Waals surface area contributed by atoms with Crippen molar-refractivity contribution < 1.29 is 19.2 Å². The van der Waals surface area contributed by atoms with E-state index in [2.05, 4.69) is 4.84 Å². The van der Waals surface area contributed by atoms with Crippen LogP contribution in [0.1, 0.15) is 58.8 Å². The monoisotopic (exact) mass is 355 g/mol. The highest BCUT2D eigenvalue weighted by atomic mass is 35.5. The summed E-state index contributed by atoms with van der Waals surface area (Å²) in [5, 5.41) is 0.631. The van der Waals surface area contributed by atoms with Gasteiger partial charge in [-0.15, -0.1) is 0 Å². The number of ether oxygens (including phenoxy) is 1. The van der Waals surface area contributed by atoms with Crippen LogP contribution in [0.5, 0.6) is 5.75 Å². The number of rotatable bonds is 11. The van der Waals surface area contributed by atoms with Crippen molar-refractivity contribution >= 4 is 23.4 Å². The number of carbonyl (C=O) groups excluding carboxylic acids is 2. The van der Waals surface area contributed by atoms with E-state index >= 15 is 0 Å². The second-order valence-corrected chi connectivity index (χ2v) is 6.68. The first-order valence-corrected chi connectivity index (χ1v) is 8.60. The van der Waals surface area contributed by atoms with E-state index in [4.69, 9.17) is 22.2 Å². The highest BCUT2D eigenvalue weighted by molar-refractivity contribution is 6.30. The Bertz CT molecular complexity index is 528. The molecule has 0 aromatic heterocycles. The lowest BCUT2D eigenvalue weighted by atomic mass is 9.97. The third kappa shape index (κ3) is 7.79. The van der Waals surface area contributed by atoms with Gasteiger partial charge in [-0.1, -0.05) is 30.9 Å². The standard InChI is InChI=1S/C18H26ClNO4/c1-18(2,23-15-12-10-14(19)11-13-15)16(21)8-6-4-3-5-7-9-17(22)24-20/h10-13H,3-9,20H2,1-2H3. The Hall–Kier alpha value is -1.59. The van der Waals surface area contributed by atoms with E-state index in [1.165, 1.54) is 0 Å². The summed E-state index contributed by atoms with van der Waals surface area (Å²) in [4.78, 5) is 27.3. The van der Waals surface area contributed by atoms with Crippen molar-refractivity contribution in [1.29, 1.82) is 0 Å². The Morgan fingerprint density at radius 1 is 1.00 bits per heavy atom. The molecule has 0 radical (unpaired) electrons. The minimum atomic E-state index is -0.862. The van der Waals surface area contributed by atoms with Gasteiger partial charge in [0.25, 0.3) is 0 Å². The smallest absolute Gasteiger partial charge is 0.324 e. The van der Waals surface area contributed by atoms with Gasteiger partial charge >= 0.3 is 5.97 Å². The minimum Gasteiger partial charge on any atom is -0.480 e. The molecule has 0 fully saturated rings. The van der Waals surface area contributed by atoms with E-state index in [0.717, 1.165) is 32.1 Å². The van der Waals surface area contributed by atoms with Crippen molar-refractivity contribution in [2.24, 2.45) is 5.90 Å². The third-order valence-corrected chi connectivity index (χ3v) is 4.03. The topological polar surface area (TPSA) is 78.6 Å². The van der Waals surface area contributed by atoms with Crippen molar-refractivity contribution in [3.8, 4) is 5.75 Å². The summed E-state index contributed by atoms with van der Waals surface area (Å²) in [6, 6.07) is 6.98. The molecule has 0 unspecified atom stereocenters. The van der Waals surface area contributed by atoms with Crippen LogP contribution < -0.4 is 10.6 Å². The largest absolute Gasteiger partial charge is 0.480 e. The van der Waals surface area contributed by atoms with Crippen LogP contribution in [0, 0.1) is 0 Å². The zero-order valence-electron chi connectivity index (χ0n) is 14.3. The molecule has 1 rings (SSSR count). The van der Waals surface area contributed by atoms with Gasteiger partial charge in [0, 0.05) is 17.9 Å². The Morgan fingerprint density at radius 3 is 2.12 bits per heavy atom. The lowest BCUT2D eigenvalue weighted by Crippen LogP contribution is -2.38. The molecule has 0 saturated carbocycles. The van der Waals surface area contributed by atoms with Gasteiger partial charge in [-0.05, 0) is 51.0 Å². The fourth-order valence-corrected chi connectivity index (χ4v) is 2.43. The van der Waals surface area contributed by atoms with Gasteiger partial charge < -0.3 is 9.57 Å². The third-order valence-electron chi connectivity index (χ3n) is 3.77. The molecule has 134 valence electrons. The molecule has 0 saturated heterocycles. The number of Topliss-reactive ketones (excluding diaryl/α,β-unsaturated/α-hetero) is 1. The lowest BCUT2D eigenvalue weighted by Gasteiger charge is -2.25. The van der Waals surface area contributed by atoms with Gasteiger partial charge in [-0.3, -0.25) is 9.59 Å².